The minimum Gasteiger partial charge on any atom is -0.532 e. The summed E-state index contributed by atoms with van der Waals surface area (Å²) in [5, 5.41) is 0. The molecule has 0 aromatic heterocycles. The van der Waals surface area contributed by atoms with Crippen LogP contribution >= 0.6 is 0 Å². The molecule has 3 nitrogen and oxygen atoms in total. The van der Waals surface area contributed by atoms with Gasteiger partial charge in [0.2, 0.25) is 0 Å². The Bertz CT molecular complexity index is 297. The summed E-state index contributed by atoms with van der Waals surface area (Å²) in [6, 6.07) is 0. The van der Waals surface area contributed by atoms with E-state index in [1.807, 2.05) is 41.5 Å². The molecule has 0 atom stereocenters. The van der Waals surface area contributed by atoms with Crippen LogP contribution in [0.2, 0.25) is 19.6 Å². The first-order valence-electron chi connectivity index (χ1n) is 7.17. The molecule has 0 aliphatic rings. The molecule has 0 aromatic carbocycles. The normalized spacial score (nSPS) is 13.1. The molecule has 19 heavy (non-hydrogen) atoms. The van der Waals surface area contributed by atoms with Crippen LogP contribution in [0.4, 0.5) is 0 Å². The molecule has 0 rings (SSSR count). The van der Waals surface area contributed by atoms with Crippen LogP contribution in [0, 0.1) is 11.4 Å². The van der Waals surface area contributed by atoms with E-state index in [9.17, 15) is 0 Å². The van der Waals surface area contributed by atoms with Gasteiger partial charge in [-0.3, -0.25) is 0 Å². The maximum Gasteiger partial charge on any atom is 0.456 e. The van der Waals surface area contributed by atoms with Crippen LogP contribution in [0.15, 0.2) is 0 Å². The molecule has 0 radical (unpaired) electrons. The highest BCUT2D eigenvalue weighted by Gasteiger charge is 2.31. The number of rotatable bonds is 6. The highest BCUT2D eigenvalue weighted by Crippen LogP contribution is 2.17. The Labute approximate surface area is 120 Å². The van der Waals surface area contributed by atoms with Crippen LogP contribution in [0.5, 0.6) is 0 Å². The predicted molar refractivity (Wildman–Crippen MR) is 85.5 cm³/mol. The minimum atomic E-state index is -2.00. The van der Waals surface area contributed by atoms with Crippen LogP contribution in [-0.2, 0) is 14.0 Å². The smallest absolute Gasteiger partial charge is 0.456 e. The standard InChI is InChI=1S/C14H30BO3Si/c1-12(2)16-15(17-13(3)4,18-14(5)6)10-11-19(7,8)9/h12-14H,1-9H3/q-1. The van der Waals surface area contributed by atoms with Crippen molar-refractivity contribution in [1.29, 1.82) is 0 Å². The van der Waals surface area contributed by atoms with Gasteiger partial charge in [-0.25, -0.2) is 5.82 Å². The Balaban J connectivity index is 5.38. The van der Waals surface area contributed by atoms with E-state index in [-0.39, 0.29) is 18.3 Å². The Morgan fingerprint density at radius 1 is 0.737 bits per heavy atom. The molecular formula is C14H30BO3Si-. The Morgan fingerprint density at radius 3 is 1.26 bits per heavy atom. The monoisotopic (exact) mass is 285 g/mol. The van der Waals surface area contributed by atoms with E-state index in [2.05, 4.69) is 31.0 Å². The molecule has 0 heterocycles. The molecule has 5 heteroatoms. The summed E-state index contributed by atoms with van der Waals surface area (Å²) in [6.07, 6.45) is 0.0234. The second-order valence-electron chi connectivity index (χ2n) is 6.72. The SMILES string of the molecule is CC(C)O[B-](C#C[Si](C)(C)C)(OC(C)C)OC(C)C. The summed E-state index contributed by atoms with van der Waals surface area (Å²) in [7, 11) is -1.51. The van der Waals surface area contributed by atoms with Crippen molar-refractivity contribution >= 4 is 14.8 Å². The molecule has 0 amide bonds. The topological polar surface area (TPSA) is 27.7 Å². The van der Waals surface area contributed by atoms with Crippen LogP contribution in [-0.4, -0.2) is 33.1 Å². The summed E-state index contributed by atoms with van der Waals surface area (Å²) in [6.45, 7) is 16.4. The van der Waals surface area contributed by atoms with E-state index in [0.717, 1.165) is 0 Å². The van der Waals surface area contributed by atoms with E-state index in [4.69, 9.17) is 14.0 Å². The molecule has 0 aliphatic heterocycles. The highest BCUT2D eigenvalue weighted by molar-refractivity contribution is 6.85. The molecule has 112 valence electrons. The average Bonchev–Trinajstić information content (AvgIpc) is 2.09. The maximum atomic E-state index is 5.92. The predicted octanol–water partition coefficient (Wildman–Crippen LogP) is 3.62. The van der Waals surface area contributed by atoms with Crippen LogP contribution in [0.3, 0.4) is 0 Å². The van der Waals surface area contributed by atoms with Crippen molar-refractivity contribution in [3.8, 4) is 11.4 Å². The first kappa shape index (κ1) is 18.7. The molecule has 0 aromatic rings. The Hall–Kier alpha value is -0.278. The summed E-state index contributed by atoms with van der Waals surface area (Å²) in [5.41, 5.74) is 3.32. The third-order valence-electron chi connectivity index (χ3n) is 1.98. The molecule has 0 spiro atoms. The average molecular weight is 285 g/mol. The summed E-state index contributed by atoms with van der Waals surface area (Å²) >= 11 is 0. The molecule has 0 aliphatic carbocycles. The zero-order chi connectivity index (χ0) is 15.3. The number of hydrogen-bond acceptors (Lipinski definition) is 3. The second-order valence-corrected chi connectivity index (χ2v) is 11.5. The quantitative estimate of drug-likeness (QED) is 0.551. The van der Waals surface area contributed by atoms with Crippen LogP contribution < -0.4 is 0 Å². The lowest BCUT2D eigenvalue weighted by atomic mass is 9.78. The van der Waals surface area contributed by atoms with E-state index >= 15 is 0 Å². The van der Waals surface area contributed by atoms with Gasteiger partial charge in [0, 0.05) is 18.3 Å². The van der Waals surface area contributed by atoms with Crippen molar-refractivity contribution in [2.75, 3.05) is 0 Å². The van der Waals surface area contributed by atoms with Gasteiger partial charge in [-0.1, -0.05) is 19.6 Å². The lowest BCUT2D eigenvalue weighted by molar-refractivity contribution is 0.0163. The molecule has 0 saturated heterocycles. The number of hydrogen-bond donors (Lipinski definition) is 0. The van der Waals surface area contributed by atoms with Crippen molar-refractivity contribution in [3.05, 3.63) is 0 Å². The molecule has 0 unspecified atom stereocenters. The second kappa shape index (κ2) is 7.49. The first-order valence-corrected chi connectivity index (χ1v) is 10.7. The largest absolute Gasteiger partial charge is 0.532 e. The fraction of sp³-hybridized carbons (Fsp3) is 0.857. The zero-order valence-corrected chi connectivity index (χ0v) is 15.0. The maximum absolute atomic E-state index is 5.92. The van der Waals surface area contributed by atoms with Crippen molar-refractivity contribution in [3.63, 3.8) is 0 Å². The van der Waals surface area contributed by atoms with Crippen LogP contribution in [0.25, 0.3) is 0 Å². The van der Waals surface area contributed by atoms with E-state index in [1.165, 1.54) is 0 Å². The highest BCUT2D eigenvalue weighted by atomic mass is 28.3. The van der Waals surface area contributed by atoms with Crippen molar-refractivity contribution < 1.29 is 14.0 Å². The van der Waals surface area contributed by atoms with Crippen molar-refractivity contribution in [2.45, 2.75) is 79.5 Å². The lowest BCUT2D eigenvalue weighted by Gasteiger charge is -2.42. The molecule has 0 saturated carbocycles. The van der Waals surface area contributed by atoms with Gasteiger partial charge in [0.1, 0.15) is 8.07 Å². The molecule has 0 N–H and O–H groups in total. The Kier molecular flexibility index (Phi) is 7.38. The first-order chi connectivity index (χ1) is 8.46. The summed E-state index contributed by atoms with van der Waals surface area (Å²) in [4.78, 5) is 0. The van der Waals surface area contributed by atoms with Crippen molar-refractivity contribution in [1.82, 2.24) is 0 Å². The minimum absolute atomic E-state index is 0.00781. The van der Waals surface area contributed by atoms with Gasteiger partial charge in [0.15, 0.2) is 0 Å². The van der Waals surface area contributed by atoms with Gasteiger partial charge in [-0.05, 0) is 41.5 Å². The fourth-order valence-electron chi connectivity index (χ4n) is 1.58. The van der Waals surface area contributed by atoms with Gasteiger partial charge < -0.3 is 14.0 Å². The molecule has 0 fully saturated rings. The van der Waals surface area contributed by atoms with Gasteiger partial charge in [-0.15, -0.1) is 0 Å². The molecule has 0 bridgehead atoms. The zero-order valence-electron chi connectivity index (χ0n) is 14.0. The van der Waals surface area contributed by atoms with Crippen LogP contribution in [0.1, 0.15) is 41.5 Å². The van der Waals surface area contributed by atoms with Gasteiger partial charge in [0.05, 0.1) is 0 Å². The summed E-state index contributed by atoms with van der Waals surface area (Å²) in [5.74, 6) is 3.17. The third kappa shape index (κ3) is 9.28. The van der Waals surface area contributed by atoms with E-state index in [1.54, 1.807) is 0 Å². The molecular weight excluding hydrogens is 255 g/mol. The summed E-state index contributed by atoms with van der Waals surface area (Å²) < 4.78 is 17.8. The lowest BCUT2D eigenvalue weighted by Crippen LogP contribution is -2.50. The third-order valence-corrected chi connectivity index (χ3v) is 2.87. The van der Waals surface area contributed by atoms with E-state index < -0.39 is 14.8 Å². The van der Waals surface area contributed by atoms with E-state index in [0.29, 0.717) is 0 Å². The Morgan fingerprint density at radius 2 is 1.05 bits per heavy atom. The fourth-order valence-corrected chi connectivity index (χ4v) is 2.19. The van der Waals surface area contributed by atoms with Gasteiger partial charge in [0.25, 0.3) is 0 Å². The van der Waals surface area contributed by atoms with Gasteiger partial charge >= 0.3 is 6.75 Å². The van der Waals surface area contributed by atoms with Gasteiger partial charge in [-0.2, -0.15) is 5.54 Å². The van der Waals surface area contributed by atoms with Crippen molar-refractivity contribution in [2.24, 2.45) is 0 Å².